The highest BCUT2D eigenvalue weighted by atomic mass is 19.1. The number of anilines is 1. The summed E-state index contributed by atoms with van der Waals surface area (Å²) in [6.07, 6.45) is 0.311. The van der Waals surface area contributed by atoms with E-state index in [1.54, 1.807) is 31.4 Å². The molecule has 0 saturated carbocycles. The van der Waals surface area contributed by atoms with Crippen molar-refractivity contribution in [1.82, 2.24) is 0 Å². The third kappa shape index (κ3) is 2.17. The highest BCUT2D eigenvalue weighted by Gasteiger charge is 2.43. The predicted octanol–water partition coefficient (Wildman–Crippen LogP) is 3.29. The number of hydrogen-bond donors (Lipinski definition) is 1. The van der Waals surface area contributed by atoms with Crippen LogP contribution in [0.3, 0.4) is 0 Å². The normalized spacial score (nSPS) is 20.0. The largest absolute Gasteiger partial charge is 0.497 e. The van der Waals surface area contributed by atoms with Crippen LogP contribution in [0.25, 0.3) is 0 Å². The number of ether oxygens (including phenoxy) is 1. The second-order valence-corrected chi connectivity index (χ2v) is 5.47. The minimum atomic E-state index is -0.800. The minimum absolute atomic E-state index is 0.117. The molecule has 0 aromatic heterocycles. The SMILES string of the molecule is COc1ccc2c(c1)C(C)(Cc1ccccc1F)C(=O)N2. The molecule has 21 heavy (non-hydrogen) atoms. The Morgan fingerprint density at radius 2 is 2.00 bits per heavy atom. The Hall–Kier alpha value is -2.36. The van der Waals surface area contributed by atoms with Crippen LogP contribution >= 0.6 is 0 Å². The molecule has 108 valence electrons. The molecule has 3 nitrogen and oxygen atoms in total. The molecule has 1 N–H and O–H groups in total. The van der Waals surface area contributed by atoms with Gasteiger partial charge in [-0.2, -0.15) is 0 Å². The molecule has 1 heterocycles. The van der Waals surface area contributed by atoms with Crippen LogP contribution in [-0.4, -0.2) is 13.0 Å². The van der Waals surface area contributed by atoms with Gasteiger partial charge in [-0.3, -0.25) is 4.79 Å². The van der Waals surface area contributed by atoms with Crippen molar-refractivity contribution >= 4 is 11.6 Å². The van der Waals surface area contributed by atoms with E-state index in [-0.39, 0.29) is 11.7 Å². The molecule has 3 rings (SSSR count). The van der Waals surface area contributed by atoms with Crippen LogP contribution in [0.5, 0.6) is 5.75 Å². The lowest BCUT2D eigenvalue weighted by Crippen LogP contribution is -2.33. The summed E-state index contributed by atoms with van der Waals surface area (Å²) in [6, 6.07) is 12.0. The number of halogens is 1. The van der Waals surface area contributed by atoms with Gasteiger partial charge >= 0.3 is 0 Å². The summed E-state index contributed by atoms with van der Waals surface area (Å²) in [6.45, 7) is 1.83. The number of fused-ring (bicyclic) bond motifs is 1. The lowest BCUT2D eigenvalue weighted by atomic mass is 9.78. The number of methoxy groups -OCH3 is 1. The number of carbonyl (C=O) groups is 1. The summed E-state index contributed by atoms with van der Waals surface area (Å²) in [4.78, 5) is 12.4. The maximum atomic E-state index is 13.9. The van der Waals surface area contributed by atoms with Crippen molar-refractivity contribution in [3.05, 3.63) is 59.4 Å². The zero-order valence-electron chi connectivity index (χ0n) is 11.9. The first-order chi connectivity index (χ1) is 10.0. The molecule has 1 aliphatic heterocycles. The molecule has 0 saturated heterocycles. The van der Waals surface area contributed by atoms with E-state index in [4.69, 9.17) is 4.74 Å². The highest BCUT2D eigenvalue weighted by Crippen LogP contribution is 2.42. The fraction of sp³-hybridized carbons (Fsp3) is 0.235. The van der Waals surface area contributed by atoms with Crippen LogP contribution in [0.4, 0.5) is 10.1 Å². The average molecular weight is 285 g/mol. The van der Waals surface area contributed by atoms with E-state index in [1.165, 1.54) is 6.07 Å². The Balaban J connectivity index is 2.05. The van der Waals surface area contributed by atoms with Gasteiger partial charge in [0.05, 0.1) is 12.5 Å². The van der Waals surface area contributed by atoms with Crippen LogP contribution < -0.4 is 10.1 Å². The molecule has 0 radical (unpaired) electrons. The van der Waals surface area contributed by atoms with Gasteiger partial charge in [-0.05, 0) is 48.7 Å². The zero-order chi connectivity index (χ0) is 15.0. The van der Waals surface area contributed by atoms with Gasteiger partial charge in [0.1, 0.15) is 11.6 Å². The highest BCUT2D eigenvalue weighted by molar-refractivity contribution is 6.06. The van der Waals surface area contributed by atoms with E-state index in [0.29, 0.717) is 17.7 Å². The number of amides is 1. The van der Waals surface area contributed by atoms with Gasteiger partial charge in [0, 0.05) is 5.69 Å². The fourth-order valence-electron chi connectivity index (χ4n) is 2.80. The monoisotopic (exact) mass is 285 g/mol. The Morgan fingerprint density at radius 1 is 1.24 bits per heavy atom. The van der Waals surface area contributed by atoms with Crippen LogP contribution in [-0.2, 0) is 16.6 Å². The van der Waals surface area contributed by atoms with E-state index in [0.717, 1.165) is 11.3 Å². The van der Waals surface area contributed by atoms with Gasteiger partial charge < -0.3 is 10.1 Å². The third-order valence-electron chi connectivity index (χ3n) is 4.07. The summed E-state index contributed by atoms with van der Waals surface area (Å²) in [5, 5.41) is 2.86. The second-order valence-electron chi connectivity index (χ2n) is 5.47. The van der Waals surface area contributed by atoms with Crippen molar-refractivity contribution in [2.45, 2.75) is 18.8 Å². The van der Waals surface area contributed by atoms with Crippen molar-refractivity contribution in [1.29, 1.82) is 0 Å². The van der Waals surface area contributed by atoms with E-state index in [9.17, 15) is 9.18 Å². The van der Waals surface area contributed by atoms with Crippen LogP contribution in [0.2, 0.25) is 0 Å². The van der Waals surface area contributed by atoms with E-state index in [1.807, 2.05) is 19.1 Å². The first-order valence-electron chi connectivity index (χ1n) is 6.78. The third-order valence-corrected chi connectivity index (χ3v) is 4.07. The molecule has 1 aliphatic rings. The lowest BCUT2D eigenvalue weighted by molar-refractivity contribution is -0.120. The second kappa shape index (κ2) is 4.88. The molecule has 1 unspecified atom stereocenters. The van der Waals surface area contributed by atoms with Crippen molar-refractivity contribution in [2.75, 3.05) is 12.4 Å². The summed E-state index contributed by atoms with van der Waals surface area (Å²) < 4.78 is 19.1. The maximum Gasteiger partial charge on any atom is 0.235 e. The van der Waals surface area contributed by atoms with Crippen molar-refractivity contribution in [3.8, 4) is 5.75 Å². The lowest BCUT2D eigenvalue weighted by Gasteiger charge is -2.23. The van der Waals surface area contributed by atoms with Crippen molar-refractivity contribution in [2.24, 2.45) is 0 Å². The summed E-state index contributed by atoms with van der Waals surface area (Å²) in [5.74, 6) is 0.280. The Morgan fingerprint density at radius 3 is 2.71 bits per heavy atom. The summed E-state index contributed by atoms with van der Waals surface area (Å²) in [5.41, 5.74) is 1.34. The van der Waals surface area contributed by atoms with Gasteiger partial charge in [0.15, 0.2) is 0 Å². The molecule has 4 heteroatoms. The van der Waals surface area contributed by atoms with E-state index < -0.39 is 5.41 Å². The fourth-order valence-corrected chi connectivity index (χ4v) is 2.80. The molecule has 2 aromatic carbocycles. The maximum absolute atomic E-state index is 13.9. The Kier molecular flexibility index (Phi) is 3.16. The Labute approximate surface area is 122 Å². The molecular weight excluding hydrogens is 269 g/mol. The average Bonchev–Trinajstić information content (AvgIpc) is 2.73. The molecule has 1 atom stereocenters. The first-order valence-corrected chi connectivity index (χ1v) is 6.78. The van der Waals surface area contributed by atoms with Gasteiger partial charge in [0.25, 0.3) is 0 Å². The first kappa shape index (κ1) is 13.6. The summed E-state index contributed by atoms with van der Waals surface area (Å²) >= 11 is 0. The standard InChI is InChI=1S/C17H16FNO2/c1-17(10-11-5-3-4-6-14(11)18)13-9-12(21-2)7-8-15(13)19-16(17)20/h3-9H,10H2,1-2H3,(H,19,20). The predicted molar refractivity (Wildman–Crippen MR) is 79.1 cm³/mol. The molecule has 1 amide bonds. The number of carbonyl (C=O) groups excluding carboxylic acids is 1. The van der Waals surface area contributed by atoms with Crippen molar-refractivity contribution < 1.29 is 13.9 Å². The number of rotatable bonds is 3. The quantitative estimate of drug-likeness (QED) is 0.939. The van der Waals surface area contributed by atoms with Crippen molar-refractivity contribution in [3.63, 3.8) is 0 Å². The zero-order valence-corrected chi connectivity index (χ0v) is 11.9. The molecule has 0 fully saturated rings. The molecule has 0 aliphatic carbocycles. The Bertz CT molecular complexity index is 714. The van der Waals surface area contributed by atoms with Crippen LogP contribution in [0.1, 0.15) is 18.1 Å². The van der Waals surface area contributed by atoms with E-state index in [2.05, 4.69) is 5.32 Å². The topological polar surface area (TPSA) is 38.3 Å². The summed E-state index contributed by atoms with van der Waals surface area (Å²) in [7, 11) is 1.58. The van der Waals surface area contributed by atoms with Gasteiger partial charge in [-0.25, -0.2) is 4.39 Å². The smallest absolute Gasteiger partial charge is 0.235 e. The molecular formula is C17H16FNO2. The number of benzene rings is 2. The minimum Gasteiger partial charge on any atom is -0.497 e. The molecule has 0 spiro atoms. The van der Waals surface area contributed by atoms with Crippen LogP contribution in [0.15, 0.2) is 42.5 Å². The van der Waals surface area contributed by atoms with Crippen LogP contribution in [0, 0.1) is 5.82 Å². The van der Waals surface area contributed by atoms with Gasteiger partial charge in [-0.1, -0.05) is 18.2 Å². The van der Waals surface area contributed by atoms with E-state index >= 15 is 0 Å². The number of hydrogen-bond acceptors (Lipinski definition) is 2. The van der Waals surface area contributed by atoms with Gasteiger partial charge in [0.2, 0.25) is 5.91 Å². The molecule has 2 aromatic rings. The number of nitrogens with one attached hydrogen (secondary N) is 1. The van der Waals surface area contributed by atoms with Gasteiger partial charge in [-0.15, -0.1) is 0 Å². The molecule has 0 bridgehead atoms.